The minimum atomic E-state index is 0.631. The smallest absolute Gasteiger partial charge is 0.205 e. The van der Waals surface area contributed by atoms with Gasteiger partial charge in [0.05, 0.1) is 10.8 Å². The van der Waals surface area contributed by atoms with Crippen LogP contribution in [0.4, 0.5) is 5.69 Å². The molecular weight excluding hydrogens is 248 g/mol. The summed E-state index contributed by atoms with van der Waals surface area (Å²) in [6.07, 6.45) is 3.23. The molecule has 0 fully saturated rings. The average molecular weight is 258 g/mol. The monoisotopic (exact) mass is 258 g/mol. The van der Waals surface area contributed by atoms with Gasteiger partial charge in [0.1, 0.15) is 11.8 Å². The first-order valence-electron chi connectivity index (χ1n) is 5.35. The molecule has 2 aromatic heterocycles. The Balaban J connectivity index is 1.79. The summed E-state index contributed by atoms with van der Waals surface area (Å²) in [6, 6.07) is 7.29. The van der Waals surface area contributed by atoms with Crippen LogP contribution in [-0.2, 0) is 5.75 Å². The van der Waals surface area contributed by atoms with E-state index in [1.807, 2.05) is 12.1 Å². The summed E-state index contributed by atoms with van der Waals surface area (Å²) in [7, 11) is 0. The van der Waals surface area contributed by atoms with Gasteiger partial charge in [0.25, 0.3) is 0 Å². The Morgan fingerprint density at radius 1 is 1.28 bits per heavy atom. The van der Waals surface area contributed by atoms with Crippen LogP contribution in [-0.4, -0.2) is 15.0 Å². The van der Waals surface area contributed by atoms with Crippen molar-refractivity contribution >= 4 is 28.5 Å². The van der Waals surface area contributed by atoms with Crippen molar-refractivity contribution in [1.82, 2.24) is 15.0 Å². The Labute approximate surface area is 107 Å². The van der Waals surface area contributed by atoms with Gasteiger partial charge in [0, 0.05) is 11.9 Å². The van der Waals surface area contributed by atoms with Crippen LogP contribution in [0.1, 0.15) is 5.89 Å². The number of fused-ring (bicyclic) bond motifs is 1. The van der Waals surface area contributed by atoms with Crippen LogP contribution >= 0.6 is 11.8 Å². The van der Waals surface area contributed by atoms with Gasteiger partial charge in [-0.1, -0.05) is 11.8 Å². The van der Waals surface area contributed by atoms with Crippen molar-refractivity contribution in [1.29, 1.82) is 0 Å². The maximum absolute atomic E-state index is 5.69. The molecule has 2 N–H and O–H groups in total. The van der Waals surface area contributed by atoms with E-state index < -0.39 is 0 Å². The number of hydrogen-bond acceptors (Lipinski definition) is 6. The molecule has 0 radical (unpaired) electrons. The fourth-order valence-corrected chi connectivity index (χ4v) is 2.23. The van der Waals surface area contributed by atoms with E-state index in [1.54, 1.807) is 30.1 Å². The molecule has 1 aromatic carbocycles. The molecule has 0 unspecified atom stereocenters. The Morgan fingerprint density at radius 3 is 3.06 bits per heavy atom. The molecule has 3 rings (SSSR count). The lowest BCUT2D eigenvalue weighted by atomic mass is 10.3. The largest absolute Gasteiger partial charge is 0.440 e. The molecular formula is C12H10N4OS. The van der Waals surface area contributed by atoms with Crippen LogP contribution in [0.25, 0.3) is 11.1 Å². The van der Waals surface area contributed by atoms with Gasteiger partial charge in [-0.25, -0.2) is 15.0 Å². The zero-order chi connectivity index (χ0) is 12.4. The molecule has 2 heterocycles. The van der Waals surface area contributed by atoms with Gasteiger partial charge in [0.15, 0.2) is 5.58 Å². The van der Waals surface area contributed by atoms with Crippen molar-refractivity contribution in [3.05, 3.63) is 42.7 Å². The molecule has 0 aliphatic rings. The predicted molar refractivity (Wildman–Crippen MR) is 70.0 cm³/mol. The predicted octanol–water partition coefficient (Wildman–Crippen LogP) is 2.49. The summed E-state index contributed by atoms with van der Waals surface area (Å²) in [4.78, 5) is 12.4. The fourth-order valence-electron chi connectivity index (χ4n) is 1.55. The highest BCUT2D eigenvalue weighted by atomic mass is 32.2. The number of benzene rings is 1. The van der Waals surface area contributed by atoms with Crippen molar-refractivity contribution in [3.63, 3.8) is 0 Å². The summed E-state index contributed by atoms with van der Waals surface area (Å²) < 4.78 is 5.61. The van der Waals surface area contributed by atoms with E-state index in [4.69, 9.17) is 10.2 Å². The molecule has 0 aliphatic heterocycles. The number of rotatable bonds is 3. The molecule has 0 bridgehead atoms. The highest BCUT2D eigenvalue weighted by Gasteiger charge is 2.06. The van der Waals surface area contributed by atoms with E-state index in [1.165, 1.54) is 6.33 Å². The number of thioether (sulfide) groups is 1. The number of oxazole rings is 1. The zero-order valence-corrected chi connectivity index (χ0v) is 10.2. The molecule has 0 saturated heterocycles. The standard InChI is InChI=1S/C12H10N4OS/c13-8-1-2-10-9(5-8)16-11(17-10)6-18-12-3-4-14-7-15-12/h1-5,7H,6,13H2. The molecule has 0 amide bonds. The second-order valence-corrected chi connectivity index (χ2v) is 4.67. The molecule has 3 aromatic rings. The zero-order valence-electron chi connectivity index (χ0n) is 9.41. The lowest BCUT2D eigenvalue weighted by Gasteiger charge is -1.95. The molecule has 0 atom stereocenters. The third-order valence-electron chi connectivity index (χ3n) is 2.35. The minimum absolute atomic E-state index is 0.631. The van der Waals surface area contributed by atoms with Gasteiger partial charge in [0.2, 0.25) is 5.89 Å². The van der Waals surface area contributed by atoms with Crippen LogP contribution in [0.3, 0.4) is 0 Å². The Bertz CT molecular complexity index is 668. The van der Waals surface area contributed by atoms with Crippen LogP contribution in [0.15, 0.2) is 46.2 Å². The van der Waals surface area contributed by atoms with Crippen molar-refractivity contribution in [2.75, 3.05) is 5.73 Å². The van der Waals surface area contributed by atoms with Gasteiger partial charge in [-0.2, -0.15) is 0 Å². The van der Waals surface area contributed by atoms with Gasteiger partial charge in [-0.05, 0) is 24.3 Å². The molecule has 0 spiro atoms. The Morgan fingerprint density at radius 2 is 2.22 bits per heavy atom. The second kappa shape index (κ2) is 4.66. The summed E-state index contributed by atoms with van der Waals surface area (Å²) in [5.74, 6) is 1.30. The first-order chi connectivity index (χ1) is 8.81. The van der Waals surface area contributed by atoms with E-state index in [0.29, 0.717) is 17.3 Å². The second-order valence-electron chi connectivity index (χ2n) is 3.67. The number of nitrogen functional groups attached to an aromatic ring is 1. The summed E-state index contributed by atoms with van der Waals surface area (Å²) >= 11 is 1.55. The van der Waals surface area contributed by atoms with Crippen LogP contribution in [0.5, 0.6) is 0 Å². The average Bonchev–Trinajstić information content (AvgIpc) is 2.79. The number of nitrogens with two attached hydrogens (primary N) is 1. The van der Waals surface area contributed by atoms with Crippen LogP contribution < -0.4 is 5.73 Å². The van der Waals surface area contributed by atoms with Gasteiger partial charge >= 0.3 is 0 Å². The first kappa shape index (κ1) is 11.0. The summed E-state index contributed by atoms with van der Waals surface area (Å²) in [5.41, 5.74) is 7.92. The van der Waals surface area contributed by atoms with Crippen molar-refractivity contribution < 1.29 is 4.42 Å². The minimum Gasteiger partial charge on any atom is -0.440 e. The quantitative estimate of drug-likeness (QED) is 0.442. The van der Waals surface area contributed by atoms with E-state index in [0.717, 1.165) is 16.1 Å². The van der Waals surface area contributed by atoms with Crippen molar-refractivity contribution in [2.24, 2.45) is 0 Å². The van der Waals surface area contributed by atoms with Crippen molar-refractivity contribution in [2.45, 2.75) is 10.8 Å². The SMILES string of the molecule is Nc1ccc2oc(CSc3ccncn3)nc2c1. The van der Waals surface area contributed by atoms with Gasteiger partial charge < -0.3 is 10.2 Å². The highest BCUT2D eigenvalue weighted by Crippen LogP contribution is 2.23. The normalized spacial score (nSPS) is 10.9. The van der Waals surface area contributed by atoms with E-state index in [9.17, 15) is 0 Å². The van der Waals surface area contributed by atoms with Gasteiger partial charge in [-0.3, -0.25) is 0 Å². The lowest BCUT2D eigenvalue weighted by molar-refractivity contribution is 0.556. The maximum atomic E-state index is 5.69. The highest BCUT2D eigenvalue weighted by molar-refractivity contribution is 7.98. The topological polar surface area (TPSA) is 77.8 Å². The van der Waals surface area contributed by atoms with E-state index in [-0.39, 0.29) is 0 Å². The Kier molecular flexibility index (Phi) is 2.85. The number of anilines is 1. The van der Waals surface area contributed by atoms with Gasteiger partial charge in [-0.15, -0.1) is 0 Å². The molecule has 5 nitrogen and oxygen atoms in total. The molecule has 18 heavy (non-hydrogen) atoms. The third kappa shape index (κ3) is 2.28. The van der Waals surface area contributed by atoms with E-state index >= 15 is 0 Å². The third-order valence-corrected chi connectivity index (χ3v) is 3.28. The fraction of sp³-hybridized carbons (Fsp3) is 0.0833. The van der Waals surface area contributed by atoms with Crippen molar-refractivity contribution in [3.8, 4) is 0 Å². The van der Waals surface area contributed by atoms with E-state index in [2.05, 4.69) is 15.0 Å². The number of aromatic nitrogens is 3. The number of hydrogen-bond donors (Lipinski definition) is 1. The molecule has 90 valence electrons. The van der Waals surface area contributed by atoms with Crippen LogP contribution in [0, 0.1) is 0 Å². The lowest BCUT2D eigenvalue weighted by Crippen LogP contribution is -1.84. The summed E-state index contributed by atoms with van der Waals surface area (Å²) in [5, 5.41) is 0.895. The molecule has 0 aliphatic carbocycles. The summed E-state index contributed by atoms with van der Waals surface area (Å²) in [6.45, 7) is 0. The molecule has 6 heteroatoms. The number of nitrogens with zero attached hydrogens (tertiary/aromatic N) is 3. The molecule has 0 saturated carbocycles. The van der Waals surface area contributed by atoms with Crippen LogP contribution in [0.2, 0.25) is 0 Å². The maximum Gasteiger partial charge on any atom is 0.205 e. The first-order valence-corrected chi connectivity index (χ1v) is 6.33. The Hall–Kier alpha value is -2.08.